The molecule has 1 aromatic carbocycles. The van der Waals surface area contributed by atoms with E-state index in [9.17, 15) is 14.7 Å². The Morgan fingerprint density at radius 3 is 2.65 bits per heavy atom. The average Bonchev–Trinajstić information content (AvgIpc) is 2.41. The Labute approximate surface area is 120 Å². The van der Waals surface area contributed by atoms with E-state index in [-0.39, 0.29) is 30.5 Å². The van der Waals surface area contributed by atoms with Crippen LogP contribution >= 0.6 is 11.8 Å². The van der Waals surface area contributed by atoms with Crippen LogP contribution in [0.1, 0.15) is 16.8 Å². The minimum atomic E-state index is -1.21. The van der Waals surface area contributed by atoms with Crippen molar-refractivity contribution < 1.29 is 29.3 Å². The van der Waals surface area contributed by atoms with Crippen molar-refractivity contribution >= 4 is 23.7 Å². The molecule has 0 saturated carbocycles. The van der Waals surface area contributed by atoms with E-state index in [1.54, 1.807) is 11.8 Å². The van der Waals surface area contributed by atoms with Crippen molar-refractivity contribution in [1.82, 2.24) is 0 Å². The number of hydrogen-bond acceptors (Lipinski definition) is 6. The largest absolute Gasteiger partial charge is 0.507 e. The lowest BCUT2D eigenvalue weighted by atomic mass is 10.2. The standard InChI is InChI=1S/C13H16O6S/c1-20-7-4-12(15)19-6-5-18-9-2-3-10(13(16)17)11(14)8-9/h2-3,8,14H,4-7H2,1H3,(H,16,17). The van der Waals surface area contributed by atoms with Gasteiger partial charge in [-0.3, -0.25) is 4.79 Å². The molecular formula is C13H16O6S. The van der Waals surface area contributed by atoms with Gasteiger partial charge in [-0.05, 0) is 18.4 Å². The number of hydrogen-bond donors (Lipinski definition) is 2. The van der Waals surface area contributed by atoms with Crippen LogP contribution in [-0.4, -0.2) is 47.4 Å². The molecule has 1 aromatic rings. The number of ether oxygens (including phenoxy) is 2. The van der Waals surface area contributed by atoms with Crippen LogP contribution in [0.15, 0.2) is 18.2 Å². The van der Waals surface area contributed by atoms with E-state index in [2.05, 4.69) is 0 Å². The summed E-state index contributed by atoms with van der Waals surface area (Å²) in [5.41, 5.74) is -0.194. The predicted molar refractivity (Wildman–Crippen MR) is 74.5 cm³/mol. The number of aromatic carboxylic acids is 1. The quantitative estimate of drug-likeness (QED) is 0.558. The van der Waals surface area contributed by atoms with Gasteiger partial charge in [-0.1, -0.05) is 0 Å². The molecule has 6 nitrogen and oxygen atoms in total. The Bertz CT molecular complexity index is 474. The third kappa shape index (κ3) is 5.40. The summed E-state index contributed by atoms with van der Waals surface area (Å²) in [4.78, 5) is 21.9. The molecule has 0 heterocycles. The average molecular weight is 300 g/mol. The second-order valence-electron chi connectivity index (χ2n) is 3.80. The summed E-state index contributed by atoms with van der Waals surface area (Å²) in [6, 6.07) is 3.88. The van der Waals surface area contributed by atoms with E-state index in [0.717, 1.165) is 0 Å². The maximum atomic E-state index is 11.2. The van der Waals surface area contributed by atoms with Gasteiger partial charge in [0.25, 0.3) is 0 Å². The summed E-state index contributed by atoms with van der Waals surface area (Å²) in [6.45, 7) is 0.242. The smallest absolute Gasteiger partial charge is 0.339 e. The van der Waals surface area contributed by atoms with Crippen molar-refractivity contribution in [3.05, 3.63) is 23.8 Å². The molecule has 0 aliphatic heterocycles. The van der Waals surface area contributed by atoms with Gasteiger partial charge < -0.3 is 19.7 Å². The number of aromatic hydroxyl groups is 1. The number of carbonyl (C=O) groups excluding carboxylic acids is 1. The van der Waals surface area contributed by atoms with Gasteiger partial charge in [0.15, 0.2) is 0 Å². The van der Waals surface area contributed by atoms with Crippen LogP contribution in [0, 0.1) is 0 Å². The SMILES string of the molecule is CSCCC(=O)OCCOc1ccc(C(=O)O)c(O)c1. The molecule has 0 aliphatic carbocycles. The Morgan fingerprint density at radius 1 is 1.30 bits per heavy atom. The van der Waals surface area contributed by atoms with E-state index in [1.165, 1.54) is 18.2 Å². The molecule has 2 N–H and O–H groups in total. The number of thioether (sulfide) groups is 1. The van der Waals surface area contributed by atoms with Crippen LogP contribution in [0.3, 0.4) is 0 Å². The first-order valence-electron chi connectivity index (χ1n) is 5.88. The lowest BCUT2D eigenvalue weighted by Gasteiger charge is -2.08. The van der Waals surface area contributed by atoms with Gasteiger partial charge in [0, 0.05) is 11.8 Å². The minimum Gasteiger partial charge on any atom is -0.507 e. The van der Waals surface area contributed by atoms with Crippen molar-refractivity contribution in [2.24, 2.45) is 0 Å². The summed E-state index contributed by atoms with van der Waals surface area (Å²) in [6.07, 6.45) is 2.26. The van der Waals surface area contributed by atoms with Crippen molar-refractivity contribution in [2.75, 3.05) is 25.2 Å². The maximum Gasteiger partial charge on any atom is 0.339 e. The molecule has 7 heteroatoms. The first kappa shape index (κ1) is 16.2. The fourth-order valence-electron chi connectivity index (χ4n) is 1.35. The topological polar surface area (TPSA) is 93.1 Å². The van der Waals surface area contributed by atoms with Gasteiger partial charge >= 0.3 is 11.9 Å². The maximum absolute atomic E-state index is 11.2. The van der Waals surface area contributed by atoms with E-state index in [0.29, 0.717) is 17.9 Å². The summed E-state index contributed by atoms with van der Waals surface area (Å²) >= 11 is 1.56. The molecule has 0 unspecified atom stereocenters. The molecule has 1 rings (SSSR count). The number of benzene rings is 1. The Balaban J connectivity index is 2.34. The Morgan fingerprint density at radius 2 is 2.05 bits per heavy atom. The third-order valence-electron chi connectivity index (χ3n) is 2.33. The van der Waals surface area contributed by atoms with Crippen molar-refractivity contribution in [3.8, 4) is 11.5 Å². The first-order chi connectivity index (χ1) is 9.54. The number of carbonyl (C=O) groups is 2. The number of phenols is 1. The number of rotatable bonds is 8. The van der Waals surface area contributed by atoms with E-state index < -0.39 is 5.97 Å². The fourth-order valence-corrected chi connectivity index (χ4v) is 1.73. The highest BCUT2D eigenvalue weighted by Crippen LogP contribution is 2.23. The highest BCUT2D eigenvalue weighted by atomic mass is 32.2. The number of carboxylic acids is 1. The lowest BCUT2D eigenvalue weighted by molar-refractivity contribution is -0.143. The van der Waals surface area contributed by atoms with E-state index in [1.807, 2.05) is 6.26 Å². The van der Waals surface area contributed by atoms with Crippen molar-refractivity contribution in [2.45, 2.75) is 6.42 Å². The molecule has 110 valence electrons. The van der Waals surface area contributed by atoms with Gasteiger partial charge in [-0.15, -0.1) is 0 Å². The van der Waals surface area contributed by atoms with Gasteiger partial charge in [0.2, 0.25) is 0 Å². The van der Waals surface area contributed by atoms with Crippen LogP contribution in [-0.2, 0) is 9.53 Å². The van der Waals surface area contributed by atoms with E-state index in [4.69, 9.17) is 14.6 Å². The van der Waals surface area contributed by atoms with Crippen LogP contribution in [0.4, 0.5) is 0 Å². The molecule has 0 spiro atoms. The van der Waals surface area contributed by atoms with Crippen LogP contribution in [0.5, 0.6) is 11.5 Å². The fraction of sp³-hybridized carbons (Fsp3) is 0.385. The molecule has 0 saturated heterocycles. The van der Waals surface area contributed by atoms with Gasteiger partial charge in [0.1, 0.15) is 30.3 Å². The zero-order valence-corrected chi connectivity index (χ0v) is 11.8. The molecule has 0 amide bonds. The Hall–Kier alpha value is -1.89. The second-order valence-corrected chi connectivity index (χ2v) is 4.78. The van der Waals surface area contributed by atoms with Gasteiger partial charge in [-0.2, -0.15) is 11.8 Å². The summed E-state index contributed by atoms with van der Waals surface area (Å²) in [5, 5.41) is 18.2. The molecule has 0 aromatic heterocycles. The van der Waals surface area contributed by atoms with Gasteiger partial charge in [0.05, 0.1) is 6.42 Å². The first-order valence-corrected chi connectivity index (χ1v) is 7.27. The monoisotopic (exact) mass is 300 g/mol. The van der Waals surface area contributed by atoms with Gasteiger partial charge in [-0.25, -0.2) is 4.79 Å². The lowest BCUT2D eigenvalue weighted by Crippen LogP contribution is -2.12. The highest BCUT2D eigenvalue weighted by molar-refractivity contribution is 7.98. The molecular weight excluding hydrogens is 284 g/mol. The predicted octanol–water partition coefficient (Wildman–Crippen LogP) is 1.77. The van der Waals surface area contributed by atoms with Crippen LogP contribution < -0.4 is 4.74 Å². The molecule has 0 atom stereocenters. The summed E-state index contributed by atoms with van der Waals surface area (Å²) in [7, 11) is 0. The zero-order chi connectivity index (χ0) is 15.0. The summed E-state index contributed by atoms with van der Waals surface area (Å²) in [5.74, 6) is -0.840. The van der Waals surface area contributed by atoms with Crippen molar-refractivity contribution in [1.29, 1.82) is 0 Å². The second kappa shape index (κ2) is 8.31. The third-order valence-corrected chi connectivity index (χ3v) is 2.94. The molecule has 0 aliphatic rings. The number of esters is 1. The molecule has 20 heavy (non-hydrogen) atoms. The summed E-state index contributed by atoms with van der Waals surface area (Å²) < 4.78 is 10.2. The molecule has 0 radical (unpaired) electrons. The van der Waals surface area contributed by atoms with Crippen molar-refractivity contribution in [3.63, 3.8) is 0 Å². The molecule has 0 fully saturated rings. The Kier molecular flexibility index (Phi) is 6.72. The zero-order valence-electron chi connectivity index (χ0n) is 11.0. The van der Waals surface area contributed by atoms with Crippen LogP contribution in [0.25, 0.3) is 0 Å². The number of carboxylic acid groups (broad SMARTS) is 1. The van der Waals surface area contributed by atoms with E-state index >= 15 is 0 Å². The van der Waals surface area contributed by atoms with Crippen LogP contribution in [0.2, 0.25) is 0 Å². The molecule has 0 bridgehead atoms. The highest BCUT2D eigenvalue weighted by Gasteiger charge is 2.10. The minimum absolute atomic E-state index is 0.106. The normalized spacial score (nSPS) is 10.1.